The maximum atomic E-state index is 13.0. The van der Waals surface area contributed by atoms with Crippen LogP contribution in [0.2, 0.25) is 0 Å². The summed E-state index contributed by atoms with van der Waals surface area (Å²) >= 11 is 0. The number of nitrogens with zero attached hydrogens (tertiary/aromatic N) is 1. The van der Waals surface area contributed by atoms with Gasteiger partial charge in [-0.25, -0.2) is 8.78 Å². The van der Waals surface area contributed by atoms with Crippen LogP contribution in [0.4, 0.5) is 14.5 Å². The monoisotopic (exact) mass is 269 g/mol. The number of anilines is 1. The molecule has 1 atom stereocenters. The van der Waals surface area contributed by atoms with Crippen molar-refractivity contribution in [1.29, 1.82) is 0 Å². The summed E-state index contributed by atoms with van der Waals surface area (Å²) < 4.78 is 26.0. The number of carbonyl (C=O) groups excluding carboxylic acids is 1. The van der Waals surface area contributed by atoms with Crippen LogP contribution in [0.3, 0.4) is 0 Å². The molecule has 0 aliphatic carbocycles. The highest BCUT2D eigenvalue weighted by Gasteiger charge is 2.20. The van der Waals surface area contributed by atoms with Gasteiger partial charge in [-0.05, 0) is 19.1 Å². The fourth-order valence-electron chi connectivity index (χ4n) is 2.13. The first-order valence-corrected chi connectivity index (χ1v) is 6.25. The molecule has 1 heterocycles. The van der Waals surface area contributed by atoms with Crippen molar-refractivity contribution in [2.75, 3.05) is 31.5 Å². The van der Waals surface area contributed by atoms with E-state index in [0.29, 0.717) is 0 Å². The molecule has 1 unspecified atom stereocenters. The average molecular weight is 269 g/mol. The smallest absolute Gasteiger partial charge is 0.238 e. The molecule has 1 aliphatic heterocycles. The van der Waals surface area contributed by atoms with Crippen molar-refractivity contribution in [1.82, 2.24) is 10.2 Å². The van der Waals surface area contributed by atoms with Crippen LogP contribution in [0.25, 0.3) is 0 Å². The highest BCUT2D eigenvalue weighted by molar-refractivity contribution is 5.92. The van der Waals surface area contributed by atoms with Gasteiger partial charge in [-0.2, -0.15) is 0 Å². The van der Waals surface area contributed by atoms with Gasteiger partial charge >= 0.3 is 0 Å². The van der Waals surface area contributed by atoms with Gasteiger partial charge in [-0.3, -0.25) is 9.69 Å². The Morgan fingerprint density at radius 1 is 1.42 bits per heavy atom. The lowest BCUT2D eigenvalue weighted by Gasteiger charge is -2.33. The third-order valence-corrected chi connectivity index (χ3v) is 3.13. The summed E-state index contributed by atoms with van der Waals surface area (Å²) in [5.41, 5.74) is 0.144. The lowest BCUT2D eigenvalue weighted by Crippen LogP contribution is -2.51. The summed E-state index contributed by atoms with van der Waals surface area (Å²) in [5, 5.41) is 5.74. The molecule has 2 rings (SSSR count). The van der Waals surface area contributed by atoms with E-state index in [1.54, 1.807) is 0 Å². The van der Waals surface area contributed by atoms with Gasteiger partial charge in [-0.15, -0.1) is 0 Å². The van der Waals surface area contributed by atoms with Gasteiger partial charge in [0.2, 0.25) is 5.91 Å². The Hall–Kier alpha value is -1.53. The standard InChI is InChI=1S/C13H17F2N3O/c1-9-7-16-2-3-18(9)8-13(19)17-12-5-10(14)4-11(15)6-12/h4-6,9,16H,2-3,7-8H2,1H3,(H,17,19). The van der Waals surface area contributed by atoms with Crippen molar-refractivity contribution in [2.45, 2.75) is 13.0 Å². The van der Waals surface area contributed by atoms with Gasteiger partial charge in [0.05, 0.1) is 6.54 Å². The topological polar surface area (TPSA) is 44.4 Å². The van der Waals surface area contributed by atoms with E-state index < -0.39 is 11.6 Å². The molecule has 1 aliphatic rings. The Balaban J connectivity index is 1.93. The van der Waals surface area contributed by atoms with E-state index in [2.05, 4.69) is 10.6 Å². The quantitative estimate of drug-likeness (QED) is 0.866. The van der Waals surface area contributed by atoms with Crippen LogP contribution < -0.4 is 10.6 Å². The lowest BCUT2D eigenvalue weighted by molar-refractivity contribution is -0.118. The van der Waals surface area contributed by atoms with Gasteiger partial charge in [0.1, 0.15) is 11.6 Å². The van der Waals surface area contributed by atoms with Crippen molar-refractivity contribution in [3.63, 3.8) is 0 Å². The molecule has 2 N–H and O–H groups in total. The van der Waals surface area contributed by atoms with E-state index in [4.69, 9.17) is 0 Å². The second-order valence-corrected chi connectivity index (χ2v) is 4.73. The largest absolute Gasteiger partial charge is 0.325 e. The SMILES string of the molecule is CC1CNCCN1CC(=O)Nc1cc(F)cc(F)c1. The van der Waals surface area contributed by atoms with E-state index in [1.807, 2.05) is 11.8 Å². The Labute approximate surface area is 110 Å². The molecule has 104 valence electrons. The third kappa shape index (κ3) is 3.97. The van der Waals surface area contributed by atoms with Gasteiger partial charge in [0, 0.05) is 37.4 Å². The van der Waals surface area contributed by atoms with E-state index in [0.717, 1.165) is 37.8 Å². The van der Waals surface area contributed by atoms with E-state index in [1.165, 1.54) is 0 Å². The fourth-order valence-corrected chi connectivity index (χ4v) is 2.13. The Morgan fingerprint density at radius 3 is 2.74 bits per heavy atom. The Morgan fingerprint density at radius 2 is 2.11 bits per heavy atom. The summed E-state index contributed by atoms with van der Waals surface area (Å²) in [6.45, 7) is 4.71. The van der Waals surface area contributed by atoms with Crippen LogP contribution in [-0.2, 0) is 4.79 Å². The Kier molecular flexibility index (Phi) is 4.44. The normalized spacial score (nSPS) is 20.3. The first kappa shape index (κ1) is 13.9. The van der Waals surface area contributed by atoms with Crippen LogP contribution >= 0.6 is 0 Å². The van der Waals surface area contributed by atoms with Crippen molar-refractivity contribution in [3.8, 4) is 0 Å². The number of rotatable bonds is 3. The number of benzene rings is 1. The number of piperazine rings is 1. The highest BCUT2D eigenvalue weighted by atomic mass is 19.1. The molecular weight excluding hydrogens is 252 g/mol. The van der Waals surface area contributed by atoms with Gasteiger partial charge < -0.3 is 10.6 Å². The molecule has 1 fully saturated rings. The van der Waals surface area contributed by atoms with Crippen LogP contribution in [0.15, 0.2) is 18.2 Å². The van der Waals surface area contributed by atoms with Gasteiger partial charge in [0.25, 0.3) is 0 Å². The molecule has 1 aromatic carbocycles. The summed E-state index contributed by atoms with van der Waals surface area (Å²) in [7, 11) is 0. The summed E-state index contributed by atoms with van der Waals surface area (Å²) in [6, 6.07) is 3.24. The van der Waals surface area contributed by atoms with E-state index in [9.17, 15) is 13.6 Å². The zero-order valence-corrected chi connectivity index (χ0v) is 10.7. The second kappa shape index (κ2) is 6.08. The second-order valence-electron chi connectivity index (χ2n) is 4.73. The third-order valence-electron chi connectivity index (χ3n) is 3.13. The molecule has 4 nitrogen and oxygen atoms in total. The molecule has 0 aromatic heterocycles. The molecule has 6 heteroatoms. The minimum absolute atomic E-state index is 0.144. The summed E-state index contributed by atoms with van der Waals surface area (Å²) in [5.74, 6) is -1.67. The molecule has 0 bridgehead atoms. The lowest BCUT2D eigenvalue weighted by atomic mass is 10.2. The highest BCUT2D eigenvalue weighted by Crippen LogP contribution is 2.13. The number of halogens is 2. The number of carbonyl (C=O) groups is 1. The zero-order valence-electron chi connectivity index (χ0n) is 10.7. The Bertz CT molecular complexity index is 447. The van der Waals surface area contributed by atoms with Crippen LogP contribution in [0, 0.1) is 11.6 Å². The first-order chi connectivity index (χ1) is 9.04. The predicted molar refractivity (Wildman–Crippen MR) is 68.9 cm³/mol. The average Bonchev–Trinajstić information content (AvgIpc) is 2.30. The molecule has 1 saturated heterocycles. The molecule has 0 radical (unpaired) electrons. The molecular formula is C13H17F2N3O. The predicted octanol–water partition coefficient (Wildman–Crippen LogP) is 1.20. The van der Waals surface area contributed by atoms with Crippen LogP contribution in [0.5, 0.6) is 0 Å². The zero-order chi connectivity index (χ0) is 13.8. The maximum Gasteiger partial charge on any atom is 0.238 e. The van der Waals surface area contributed by atoms with Crippen molar-refractivity contribution < 1.29 is 13.6 Å². The molecule has 19 heavy (non-hydrogen) atoms. The van der Waals surface area contributed by atoms with E-state index >= 15 is 0 Å². The number of nitrogens with one attached hydrogen (secondary N) is 2. The van der Waals surface area contributed by atoms with E-state index in [-0.39, 0.29) is 24.2 Å². The van der Waals surface area contributed by atoms with Crippen molar-refractivity contribution in [3.05, 3.63) is 29.8 Å². The number of hydrogen-bond acceptors (Lipinski definition) is 3. The minimum Gasteiger partial charge on any atom is -0.325 e. The minimum atomic E-state index is -0.703. The number of amides is 1. The van der Waals surface area contributed by atoms with Gasteiger partial charge in [0.15, 0.2) is 0 Å². The van der Waals surface area contributed by atoms with Crippen LogP contribution in [0.1, 0.15) is 6.92 Å². The molecule has 0 spiro atoms. The first-order valence-electron chi connectivity index (χ1n) is 6.25. The molecule has 0 saturated carbocycles. The van der Waals surface area contributed by atoms with Gasteiger partial charge in [-0.1, -0.05) is 0 Å². The maximum absolute atomic E-state index is 13.0. The fraction of sp³-hybridized carbons (Fsp3) is 0.462. The van der Waals surface area contributed by atoms with Crippen molar-refractivity contribution >= 4 is 11.6 Å². The molecule has 1 amide bonds. The van der Waals surface area contributed by atoms with Crippen molar-refractivity contribution in [2.24, 2.45) is 0 Å². The molecule has 1 aromatic rings. The summed E-state index contributed by atoms with van der Waals surface area (Å²) in [6.07, 6.45) is 0. The summed E-state index contributed by atoms with van der Waals surface area (Å²) in [4.78, 5) is 13.9. The number of hydrogen-bond donors (Lipinski definition) is 2. The van der Waals surface area contributed by atoms with Crippen LogP contribution in [-0.4, -0.2) is 43.0 Å².